The van der Waals surface area contributed by atoms with Gasteiger partial charge in [0.2, 0.25) is 5.90 Å². The summed E-state index contributed by atoms with van der Waals surface area (Å²) in [5, 5.41) is 16.7. The predicted octanol–water partition coefficient (Wildman–Crippen LogP) is 3.07. The highest BCUT2D eigenvalue weighted by atomic mass is 35.5. The molecule has 2 aromatic heterocycles. The number of pyridine rings is 1. The first-order chi connectivity index (χ1) is 14.4. The third-order valence-corrected chi connectivity index (χ3v) is 4.66. The fourth-order valence-electron chi connectivity index (χ4n) is 2.68. The Labute approximate surface area is 178 Å². The minimum atomic E-state index is -0.333. The molecule has 0 atom stereocenters. The summed E-state index contributed by atoms with van der Waals surface area (Å²) in [6.45, 7) is 5.88. The van der Waals surface area contributed by atoms with Gasteiger partial charge in [-0.3, -0.25) is 4.98 Å². The van der Waals surface area contributed by atoms with E-state index < -0.39 is 0 Å². The summed E-state index contributed by atoms with van der Waals surface area (Å²) in [5.41, 5.74) is 3.33. The molecule has 30 heavy (non-hydrogen) atoms. The number of nitrogens with zero attached hydrogens (tertiary/aromatic N) is 7. The van der Waals surface area contributed by atoms with E-state index in [1.54, 1.807) is 38.4 Å². The van der Waals surface area contributed by atoms with Crippen LogP contribution in [0, 0.1) is 6.92 Å². The van der Waals surface area contributed by atoms with E-state index in [9.17, 15) is 4.79 Å². The van der Waals surface area contributed by atoms with Crippen LogP contribution >= 0.6 is 11.6 Å². The van der Waals surface area contributed by atoms with E-state index in [-0.39, 0.29) is 12.3 Å². The number of ether oxygens (including phenoxy) is 1. The van der Waals surface area contributed by atoms with E-state index in [0.717, 1.165) is 11.1 Å². The van der Waals surface area contributed by atoms with Crippen molar-refractivity contribution in [3.63, 3.8) is 0 Å². The van der Waals surface area contributed by atoms with Crippen molar-refractivity contribution in [2.45, 2.75) is 33.8 Å². The molecule has 0 unspecified atom stereocenters. The Morgan fingerprint density at radius 3 is 2.70 bits per heavy atom. The van der Waals surface area contributed by atoms with Gasteiger partial charge in [-0.15, -0.1) is 5.10 Å². The van der Waals surface area contributed by atoms with Crippen LogP contribution in [0.2, 0.25) is 5.02 Å². The minimum Gasteiger partial charge on any atom is -0.475 e. The number of aromatic nitrogens is 5. The lowest BCUT2D eigenvalue weighted by atomic mass is 10.1. The number of hydrogen-bond donors (Lipinski definition) is 0. The maximum atomic E-state index is 12.3. The minimum absolute atomic E-state index is 0.210. The standard InChI is InChI=1S/C20H22ClN7O2/c1-5-19(24-23-14(3)17-11-15(21)9-10-22-17)30-12-16-13(2)7-6-8-18(16)28-20(29)27(4)25-26-28/h6-11H,5,12H2,1-4H3/b23-14+,24-19+. The fraction of sp³-hybridized carbons (Fsp3) is 0.300. The highest BCUT2D eigenvalue weighted by molar-refractivity contribution is 6.30. The van der Waals surface area contributed by atoms with Gasteiger partial charge in [-0.25, -0.2) is 4.79 Å². The number of tetrazole rings is 1. The molecule has 1 aromatic carbocycles. The van der Waals surface area contributed by atoms with Crippen LogP contribution in [0.4, 0.5) is 0 Å². The molecule has 0 spiro atoms. The van der Waals surface area contributed by atoms with Gasteiger partial charge in [0.25, 0.3) is 0 Å². The van der Waals surface area contributed by atoms with Crippen molar-refractivity contribution in [2.24, 2.45) is 17.3 Å². The third kappa shape index (κ3) is 4.80. The quantitative estimate of drug-likeness (QED) is 0.342. The molecule has 0 fully saturated rings. The molecule has 0 aliphatic rings. The van der Waals surface area contributed by atoms with Gasteiger partial charge in [-0.05, 0) is 48.0 Å². The number of halogens is 1. The third-order valence-electron chi connectivity index (χ3n) is 4.43. The van der Waals surface area contributed by atoms with Crippen molar-refractivity contribution in [2.75, 3.05) is 0 Å². The largest absolute Gasteiger partial charge is 0.475 e. The van der Waals surface area contributed by atoms with E-state index in [1.165, 1.54) is 9.36 Å². The summed E-state index contributed by atoms with van der Waals surface area (Å²) in [4.78, 5) is 16.5. The molecule has 0 saturated heterocycles. The summed E-state index contributed by atoms with van der Waals surface area (Å²) in [5.74, 6) is 0.456. The highest BCUT2D eigenvalue weighted by Gasteiger charge is 2.14. The molecule has 2 heterocycles. The Morgan fingerprint density at radius 2 is 2.03 bits per heavy atom. The Balaban J connectivity index is 1.83. The number of rotatable bonds is 6. The van der Waals surface area contributed by atoms with Crippen LogP contribution in [0.25, 0.3) is 5.69 Å². The van der Waals surface area contributed by atoms with Crippen LogP contribution in [0.5, 0.6) is 0 Å². The monoisotopic (exact) mass is 427 g/mol. The molecule has 0 bridgehead atoms. The zero-order valence-corrected chi connectivity index (χ0v) is 18.0. The molecule has 0 saturated carbocycles. The first kappa shape index (κ1) is 21.4. The molecule has 0 radical (unpaired) electrons. The van der Waals surface area contributed by atoms with Gasteiger partial charge in [0.15, 0.2) is 0 Å². The maximum Gasteiger partial charge on any atom is 0.368 e. The zero-order chi connectivity index (χ0) is 21.7. The van der Waals surface area contributed by atoms with E-state index in [4.69, 9.17) is 16.3 Å². The SMILES string of the molecule is CC/C(=N\N=C(/C)c1cc(Cl)ccn1)OCc1c(C)cccc1-n1nnn(C)c1=O. The second-order valence-electron chi connectivity index (χ2n) is 6.55. The fourth-order valence-corrected chi connectivity index (χ4v) is 2.84. The van der Waals surface area contributed by atoms with Crippen LogP contribution < -0.4 is 5.69 Å². The summed E-state index contributed by atoms with van der Waals surface area (Å²) >= 11 is 6.00. The average Bonchev–Trinajstić information content (AvgIpc) is 3.07. The van der Waals surface area contributed by atoms with Crippen molar-refractivity contribution in [3.8, 4) is 5.69 Å². The van der Waals surface area contributed by atoms with Crippen molar-refractivity contribution < 1.29 is 4.74 Å². The molecule has 3 aromatic rings. The molecule has 0 aliphatic carbocycles. The Hall–Kier alpha value is -3.33. The van der Waals surface area contributed by atoms with Crippen LogP contribution in [-0.4, -0.2) is 36.4 Å². The first-order valence-corrected chi connectivity index (χ1v) is 9.72. The van der Waals surface area contributed by atoms with Crippen LogP contribution in [0.15, 0.2) is 51.5 Å². The molecular weight excluding hydrogens is 406 g/mol. The van der Waals surface area contributed by atoms with E-state index in [0.29, 0.717) is 34.4 Å². The summed E-state index contributed by atoms with van der Waals surface area (Å²) in [6.07, 6.45) is 2.16. The van der Waals surface area contributed by atoms with Crippen LogP contribution in [-0.2, 0) is 18.4 Å². The first-order valence-electron chi connectivity index (χ1n) is 9.34. The lowest BCUT2D eigenvalue weighted by molar-refractivity contribution is 0.282. The number of hydrogen-bond acceptors (Lipinski definition) is 7. The highest BCUT2D eigenvalue weighted by Crippen LogP contribution is 2.18. The van der Waals surface area contributed by atoms with Gasteiger partial charge in [0.05, 0.1) is 17.1 Å². The Bertz CT molecular complexity index is 1160. The zero-order valence-electron chi connectivity index (χ0n) is 17.2. The topological polar surface area (TPSA) is 99.5 Å². The Morgan fingerprint density at radius 1 is 1.23 bits per heavy atom. The van der Waals surface area contributed by atoms with Crippen LogP contribution in [0.3, 0.4) is 0 Å². The van der Waals surface area contributed by atoms with Crippen molar-refractivity contribution in [3.05, 3.63) is 68.9 Å². The van der Waals surface area contributed by atoms with Crippen LogP contribution in [0.1, 0.15) is 37.1 Å². The maximum absolute atomic E-state index is 12.3. The van der Waals surface area contributed by atoms with Gasteiger partial charge in [0.1, 0.15) is 6.61 Å². The van der Waals surface area contributed by atoms with E-state index >= 15 is 0 Å². The smallest absolute Gasteiger partial charge is 0.368 e. The molecule has 156 valence electrons. The number of aryl methyl sites for hydroxylation is 2. The summed E-state index contributed by atoms with van der Waals surface area (Å²) < 4.78 is 8.33. The van der Waals surface area contributed by atoms with E-state index in [2.05, 4.69) is 25.6 Å². The van der Waals surface area contributed by atoms with Gasteiger partial charge < -0.3 is 4.74 Å². The van der Waals surface area contributed by atoms with Gasteiger partial charge in [-0.2, -0.15) is 14.5 Å². The van der Waals surface area contributed by atoms with Crippen molar-refractivity contribution >= 4 is 23.2 Å². The van der Waals surface area contributed by atoms with E-state index in [1.807, 2.05) is 26.0 Å². The normalized spacial score (nSPS) is 12.3. The molecule has 0 aliphatic heterocycles. The lowest BCUT2D eigenvalue weighted by Gasteiger charge is -2.13. The van der Waals surface area contributed by atoms with Gasteiger partial charge in [-0.1, -0.05) is 30.7 Å². The molecule has 0 amide bonds. The summed E-state index contributed by atoms with van der Waals surface area (Å²) in [6, 6.07) is 9.03. The van der Waals surface area contributed by atoms with Gasteiger partial charge >= 0.3 is 5.69 Å². The second-order valence-corrected chi connectivity index (χ2v) is 6.99. The second kappa shape index (κ2) is 9.45. The molecule has 0 N–H and O–H groups in total. The Kier molecular flexibility index (Phi) is 6.73. The molecule has 9 nitrogen and oxygen atoms in total. The summed E-state index contributed by atoms with van der Waals surface area (Å²) in [7, 11) is 1.55. The molecule has 3 rings (SSSR count). The van der Waals surface area contributed by atoms with Gasteiger partial charge in [0, 0.05) is 30.3 Å². The number of benzene rings is 1. The van der Waals surface area contributed by atoms with Crippen molar-refractivity contribution in [1.29, 1.82) is 0 Å². The molecular formula is C20H22ClN7O2. The lowest BCUT2D eigenvalue weighted by Crippen LogP contribution is -2.23. The average molecular weight is 428 g/mol. The molecule has 10 heteroatoms. The predicted molar refractivity (Wildman–Crippen MR) is 115 cm³/mol. The van der Waals surface area contributed by atoms with Crippen molar-refractivity contribution in [1.82, 2.24) is 24.8 Å².